The van der Waals surface area contributed by atoms with Gasteiger partial charge in [0.15, 0.2) is 0 Å². The molecule has 1 aromatic carbocycles. The van der Waals surface area contributed by atoms with Crippen LogP contribution in [0, 0.1) is 17.8 Å². The Morgan fingerprint density at radius 3 is 2.41 bits per heavy atom. The average Bonchev–Trinajstić information content (AvgIpc) is 3.45. The van der Waals surface area contributed by atoms with Crippen molar-refractivity contribution in [2.24, 2.45) is 17.8 Å². The first-order valence-corrected chi connectivity index (χ1v) is 12.1. The normalized spacial score (nSPS) is 28.2. The smallest absolute Gasteiger partial charge is 0.255 e. The van der Waals surface area contributed by atoms with Crippen LogP contribution in [0.2, 0.25) is 0 Å². The zero-order valence-corrected chi connectivity index (χ0v) is 18.7. The number of nitrogens with zero attached hydrogens (tertiary/aromatic N) is 4. The van der Waals surface area contributed by atoms with Gasteiger partial charge in [0.1, 0.15) is 0 Å². The van der Waals surface area contributed by atoms with E-state index >= 15 is 0 Å². The highest BCUT2D eigenvalue weighted by Gasteiger charge is 2.53. The Morgan fingerprint density at radius 1 is 1.06 bits per heavy atom. The van der Waals surface area contributed by atoms with Gasteiger partial charge in [-0.3, -0.25) is 9.48 Å². The van der Waals surface area contributed by atoms with Gasteiger partial charge in [-0.15, -0.1) is 0 Å². The summed E-state index contributed by atoms with van der Waals surface area (Å²) in [7, 11) is 0. The Bertz CT molecular complexity index is 1090. The largest absolute Gasteiger partial charge is 0.346 e. The first kappa shape index (κ1) is 19.8. The van der Waals surface area contributed by atoms with Crippen LogP contribution >= 0.6 is 0 Å². The number of benzene rings is 1. The molecule has 0 atom stereocenters. The zero-order valence-electron chi connectivity index (χ0n) is 18.7. The topological polar surface area (TPSA) is 64.7 Å². The Kier molecular flexibility index (Phi) is 4.70. The number of aromatic nitrogens is 4. The van der Waals surface area contributed by atoms with E-state index < -0.39 is 0 Å². The molecule has 1 N–H and O–H groups in total. The van der Waals surface area contributed by atoms with Gasteiger partial charge in [-0.2, -0.15) is 10.2 Å². The molecule has 166 valence electrons. The molecule has 1 amide bonds. The minimum absolute atomic E-state index is 0.0261. The average molecular weight is 430 g/mol. The highest BCUT2D eigenvalue weighted by molar-refractivity contribution is 5.95. The van der Waals surface area contributed by atoms with Crippen LogP contribution in [0.3, 0.4) is 0 Å². The molecule has 4 bridgehead atoms. The lowest BCUT2D eigenvalue weighted by Crippen LogP contribution is -2.49. The summed E-state index contributed by atoms with van der Waals surface area (Å²) >= 11 is 0. The second-order valence-electron chi connectivity index (χ2n) is 10.2. The fourth-order valence-corrected chi connectivity index (χ4v) is 7.11. The molecule has 4 fully saturated rings. The van der Waals surface area contributed by atoms with Gasteiger partial charge >= 0.3 is 0 Å². The molecule has 3 aromatic rings. The van der Waals surface area contributed by atoms with Crippen LogP contribution < -0.4 is 5.32 Å². The van der Waals surface area contributed by atoms with E-state index in [1.165, 1.54) is 38.5 Å². The lowest BCUT2D eigenvalue weighted by atomic mass is 9.48. The molecule has 0 saturated heterocycles. The van der Waals surface area contributed by atoms with E-state index in [-0.39, 0.29) is 11.3 Å². The summed E-state index contributed by atoms with van der Waals surface area (Å²) in [6.45, 7) is 3.33. The van der Waals surface area contributed by atoms with Crippen molar-refractivity contribution in [3.05, 3.63) is 65.7 Å². The standard InChI is InChI=1S/C26H31N5O/c1-2-30-22(8-9-28-30)16-27-25(32)23-17-31(21-6-4-3-5-7-21)29-24(23)26-13-18-10-19(14-26)12-20(11-18)15-26/h3-9,17-20H,2,10-16H2,1H3,(H,27,32). The maximum Gasteiger partial charge on any atom is 0.255 e. The highest BCUT2D eigenvalue weighted by Crippen LogP contribution is 2.60. The third-order valence-corrected chi connectivity index (χ3v) is 8.05. The third kappa shape index (κ3) is 3.28. The number of nitrogens with one attached hydrogen (secondary N) is 1. The van der Waals surface area contributed by atoms with Gasteiger partial charge in [0.05, 0.1) is 29.2 Å². The SMILES string of the molecule is CCn1nccc1CNC(=O)c1cn(-c2ccccc2)nc1C12CC3CC(CC(C3)C1)C2. The molecule has 0 spiro atoms. The van der Waals surface area contributed by atoms with E-state index in [1.54, 1.807) is 6.20 Å². The molecule has 4 aliphatic rings. The van der Waals surface area contributed by atoms with Gasteiger partial charge in [0.25, 0.3) is 5.91 Å². The summed E-state index contributed by atoms with van der Waals surface area (Å²) in [5.74, 6) is 2.38. The molecule has 7 rings (SSSR count). The quantitative estimate of drug-likeness (QED) is 0.628. The second kappa shape index (κ2) is 7.61. The molecule has 4 saturated carbocycles. The minimum atomic E-state index is -0.0261. The molecule has 0 unspecified atom stereocenters. The van der Waals surface area contributed by atoms with Gasteiger partial charge in [-0.1, -0.05) is 18.2 Å². The van der Waals surface area contributed by atoms with Crippen LogP contribution in [0.1, 0.15) is 67.2 Å². The molecule has 0 aliphatic heterocycles. The van der Waals surface area contributed by atoms with Crippen molar-refractivity contribution in [2.75, 3.05) is 0 Å². The van der Waals surface area contributed by atoms with E-state index in [0.29, 0.717) is 6.54 Å². The first-order chi connectivity index (χ1) is 15.6. The van der Waals surface area contributed by atoms with Crippen LogP contribution in [0.4, 0.5) is 0 Å². The Morgan fingerprint density at radius 2 is 1.75 bits per heavy atom. The fourth-order valence-electron chi connectivity index (χ4n) is 7.11. The predicted octanol–water partition coefficient (Wildman–Crippen LogP) is 4.49. The number of rotatable bonds is 6. The fraction of sp³-hybridized carbons (Fsp3) is 0.500. The Balaban J connectivity index is 1.36. The molecule has 0 radical (unpaired) electrons. The molecule has 2 aromatic heterocycles. The van der Waals surface area contributed by atoms with E-state index in [2.05, 4.69) is 29.5 Å². The molecule has 6 heteroatoms. The van der Waals surface area contributed by atoms with Crippen LogP contribution in [0.25, 0.3) is 5.69 Å². The van der Waals surface area contributed by atoms with Crippen LogP contribution in [0.5, 0.6) is 0 Å². The number of carbonyl (C=O) groups is 1. The summed E-state index contributed by atoms with van der Waals surface area (Å²) in [6.07, 6.45) is 11.4. The maximum atomic E-state index is 13.5. The number of aryl methyl sites for hydroxylation is 1. The van der Waals surface area contributed by atoms with E-state index in [4.69, 9.17) is 5.10 Å². The summed E-state index contributed by atoms with van der Waals surface area (Å²) in [5.41, 5.74) is 3.86. The van der Waals surface area contributed by atoms with E-state index in [0.717, 1.165) is 46.9 Å². The van der Waals surface area contributed by atoms with Crippen LogP contribution in [-0.4, -0.2) is 25.5 Å². The van der Waals surface area contributed by atoms with E-state index in [1.807, 2.05) is 39.8 Å². The highest BCUT2D eigenvalue weighted by atomic mass is 16.1. The van der Waals surface area contributed by atoms with E-state index in [9.17, 15) is 4.79 Å². The van der Waals surface area contributed by atoms with Crippen molar-refractivity contribution >= 4 is 5.91 Å². The van der Waals surface area contributed by atoms with Gasteiger partial charge in [-0.05, 0) is 81.4 Å². The summed E-state index contributed by atoms with van der Waals surface area (Å²) in [4.78, 5) is 13.5. The van der Waals surface area contributed by atoms with Gasteiger partial charge < -0.3 is 5.32 Å². The Labute approximate surface area is 189 Å². The summed E-state index contributed by atoms with van der Waals surface area (Å²) in [6, 6.07) is 12.1. The molecule has 2 heterocycles. The number of hydrogen-bond donors (Lipinski definition) is 1. The second-order valence-corrected chi connectivity index (χ2v) is 10.2. The lowest BCUT2D eigenvalue weighted by molar-refractivity contribution is -0.00770. The first-order valence-electron chi connectivity index (χ1n) is 12.1. The molecular formula is C26H31N5O. The van der Waals surface area contributed by atoms with Crippen molar-refractivity contribution in [1.82, 2.24) is 24.9 Å². The third-order valence-electron chi connectivity index (χ3n) is 8.05. The van der Waals surface area contributed by atoms with Crippen LogP contribution in [-0.2, 0) is 18.5 Å². The molecular weight excluding hydrogens is 398 g/mol. The molecule has 6 nitrogen and oxygen atoms in total. The number of amides is 1. The van der Waals surface area contributed by atoms with Gasteiger partial charge in [-0.25, -0.2) is 4.68 Å². The number of hydrogen-bond acceptors (Lipinski definition) is 3. The Hall–Kier alpha value is -2.89. The van der Waals surface area contributed by atoms with Crippen molar-refractivity contribution in [2.45, 2.75) is 64.0 Å². The predicted molar refractivity (Wildman–Crippen MR) is 122 cm³/mol. The monoisotopic (exact) mass is 429 g/mol. The minimum Gasteiger partial charge on any atom is -0.346 e. The van der Waals surface area contributed by atoms with Crippen molar-refractivity contribution in [3.8, 4) is 5.69 Å². The van der Waals surface area contributed by atoms with Crippen molar-refractivity contribution in [3.63, 3.8) is 0 Å². The van der Waals surface area contributed by atoms with Crippen molar-refractivity contribution < 1.29 is 4.79 Å². The summed E-state index contributed by atoms with van der Waals surface area (Å²) in [5, 5.41) is 12.6. The molecule has 4 aliphatic carbocycles. The lowest BCUT2D eigenvalue weighted by Gasteiger charge is -2.56. The zero-order chi connectivity index (χ0) is 21.7. The van der Waals surface area contributed by atoms with Gasteiger partial charge in [0.2, 0.25) is 0 Å². The van der Waals surface area contributed by atoms with Crippen molar-refractivity contribution in [1.29, 1.82) is 0 Å². The summed E-state index contributed by atoms with van der Waals surface area (Å²) < 4.78 is 3.84. The molecule has 32 heavy (non-hydrogen) atoms. The number of para-hydroxylation sites is 1. The van der Waals surface area contributed by atoms with Gasteiger partial charge in [0, 0.05) is 24.4 Å². The maximum absolute atomic E-state index is 13.5. The number of carbonyl (C=O) groups excluding carboxylic acids is 1. The van der Waals surface area contributed by atoms with Crippen LogP contribution in [0.15, 0.2) is 48.8 Å².